The highest BCUT2D eigenvalue weighted by atomic mass is 19.4. The molecule has 0 aliphatic carbocycles. The predicted octanol–water partition coefficient (Wildman–Crippen LogP) is 3.65. The predicted molar refractivity (Wildman–Crippen MR) is 104 cm³/mol. The number of nitrogens with zero attached hydrogens (tertiary/aromatic N) is 3. The van der Waals surface area contributed by atoms with Crippen LogP contribution in [0.15, 0.2) is 18.3 Å². The van der Waals surface area contributed by atoms with Crippen LogP contribution in [0.4, 0.5) is 39.4 Å². The van der Waals surface area contributed by atoms with E-state index in [2.05, 4.69) is 20.6 Å². The molecule has 0 bridgehead atoms. The molecule has 1 aromatic carbocycles. The molecule has 1 aliphatic rings. The fourth-order valence-electron chi connectivity index (χ4n) is 3.12. The van der Waals surface area contributed by atoms with Gasteiger partial charge in [0.1, 0.15) is 29.1 Å². The van der Waals surface area contributed by atoms with E-state index in [0.717, 1.165) is 6.07 Å². The van der Waals surface area contributed by atoms with Crippen molar-refractivity contribution in [2.24, 2.45) is 0 Å². The summed E-state index contributed by atoms with van der Waals surface area (Å²) in [5.74, 6) is -1.64. The van der Waals surface area contributed by atoms with Gasteiger partial charge in [0.25, 0.3) is 0 Å². The van der Waals surface area contributed by atoms with E-state index in [-0.39, 0.29) is 42.6 Å². The quantitative estimate of drug-likeness (QED) is 0.458. The van der Waals surface area contributed by atoms with Gasteiger partial charge in [0.2, 0.25) is 19.2 Å². The van der Waals surface area contributed by atoms with Crippen molar-refractivity contribution in [2.45, 2.75) is 19.2 Å². The number of morpholine rings is 1. The summed E-state index contributed by atoms with van der Waals surface area (Å²) in [5, 5.41) is 5.05. The van der Waals surface area contributed by atoms with Crippen LogP contribution in [0, 0.1) is 5.82 Å². The first-order valence-corrected chi connectivity index (χ1v) is 9.55. The van der Waals surface area contributed by atoms with Gasteiger partial charge in [-0.2, -0.15) is 18.2 Å². The molecule has 1 aliphatic heterocycles. The Bertz CT molecular complexity index is 960. The molecule has 0 spiro atoms. The number of nitrogens with one attached hydrogen (secondary N) is 2. The molecule has 3 rings (SSSR count). The van der Waals surface area contributed by atoms with Crippen LogP contribution in [0.2, 0.25) is 0 Å². The average Bonchev–Trinajstić information content (AvgIpc) is 2.75. The van der Waals surface area contributed by atoms with Gasteiger partial charge in [0.05, 0.1) is 18.8 Å². The molecule has 1 amide bonds. The maximum absolute atomic E-state index is 14.8. The third-order valence-corrected chi connectivity index (χ3v) is 4.59. The first kappa shape index (κ1) is 23.4. The lowest BCUT2D eigenvalue weighted by molar-refractivity contribution is -0.137. The van der Waals surface area contributed by atoms with E-state index in [1.54, 1.807) is 6.92 Å². The van der Waals surface area contributed by atoms with Crippen LogP contribution in [-0.4, -0.2) is 54.4 Å². The molecular formula is C19H20F5N5O3. The first-order chi connectivity index (χ1) is 15.3. The molecule has 13 heteroatoms. The summed E-state index contributed by atoms with van der Waals surface area (Å²) in [4.78, 5) is 19.8. The van der Waals surface area contributed by atoms with Crippen molar-refractivity contribution < 1.29 is 36.2 Å². The fourth-order valence-corrected chi connectivity index (χ4v) is 3.12. The molecular weight excluding hydrogens is 441 g/mol. The molecule has 2 N–H and O–H groups in total. The van der Waals surface area contributed by atoms with Gasteiger partial charge >= 0.3 is 6.18 Å². The zero-order chi connectivity index (χ0) is 23.3. The second-order valence-corrected chi connectivity index (χ2v) is 6.69. The molecule has 2 aromatic rings. The third kappa shape index (κ3) is 5.33. The van der Waals surface area contributed by atoms with Gasteiger partial charge < -0.3 is 25.0 Å². The number of anilines is 3. The maximum atomic E-state index is 14.8. The standard InChI is InChI=1S/C19H20F5N5O3/c1-2-25-17-12(19(22,23)24)7-26-18(28-17)27-14-6-13(21)11(5-15(14)32-9-20)16-8-29(10-30)3-4-31-16/h5-7,10,16H,2-4,8-9H2,1H3,(H2,25,26,27,28). The Kier molecular flexibility index (Phi) is 7.28. The van der Waals surface area contributed by atoms with Crippen LogP contribution < -0.4 is 15.4 Å². The van der Waals surface area contributed by atoms with Crippen molar-refractivity contribution in [1.82, 2.24) is 14.9 Å². The largest absolute Gasteiger partial charge is 0.461 e. The Hall–Kier alpha value is -3.22. The minimum Gasteiger partial charge on any atom is -0.461 e. The molecule has 1 aromatic heterocycles. The lowest BCUT2D eigenvalue weighted by Gasteiger charge is -2.31. The molecule has 32 heavy (non-hydrogen) atoms. The highest BCUT2D eigenvalue weighted by molar-refractivity contribution is 5.65. The fraction of sp³-hybridized carbons (Fsp3) is 0.421. The topological polar surface area (TPSA) is 88.6 Å². The lowest BCUT2D eigenvalue weighted by atomic mass is 10.1. The van der Waals surface area contributed by atoms with Gasteiger partial charge in [0.15, 0.2) is 0 Å². The van der Waals surface area contributed by atoms with Crippen molar-refractivity contribution in [3.05, 3.63) is 35.3 Å². The minimum absolute atomic E-state index is 0.0345. The van der Waals surface area contributed by atoms with Crippen molar-refractivity contribution in [2.75, 3.05) is 43.7 Å². The Morgan fingerprint density at radius 2 is 2.16 bits per heavy atom. The van der Waals surface area contributed by atoms with Crippen molar-refractivity contribution in [1.29, 1.82) is 0 Å². The molecule has 1 atom stereocenters. The number of hydrogen-bond donors (Lipinski definition) is 2. The molecule has 174 valence electrons. The van der Waals surface area contributed by atoms with Crippen LogP contribution >= 0.6 is 0 Å². The van der Waals surface area contributed by atoms with Crippen LogP contribution in [-0.2, 0) is 15.7 Å². The van der Waals surface area contributed by atoms with E-state index in [1.807, 2.05) is 0 Å². The average molecular weight is 461 g/mol. The van der Waals surface area contributed by atoms with E-state index in [9.17, 15) is 26.7 Å². The van der Waals surface area contributed by atoms with Crippen molar-refractivity contribution in [3.8, 4) is 5.75 Å². The summed E-state index contributed by atoms with van der Waals surface area (Å²) in [6, 6.07) is 2.17. The number of rotatable bonds is 8. The van der Waals surface area contributed by atoms with Crippen LogP contribution in [0.5, 0.6) is 5.75 Å². The molecule has 1 unspecified atom stereocenters. The Morgan fingerprint density at radius 1 is 1.38 bits per heavy atom. The van der Waals surface area contributed by atoms with Crippen LogP contribution in [0.25, 0.3) is 0 Å². The summed E-state index contributed by atoms with van der Waals surface area (Å²) < 4.78 is 77.6. The number of hydrogen-bond acceptors (Lipinski definition) is 7. The summed E-state index contributed by atoms with van der Waals surface area (Å²) in [6.07, 6.45) is -4.28. The Labute approximate surface area is 179 Å². The van der Waals surface area contributed by atoms with E-state index < -0.39 is 36.3 Å². The van der Waals surface area contributed by atoms with Crippen LogP contribution in [0.3, 0.4) is 0 Å². The number of benzene rings is 1. The van der Waals surface area contributed by atoms with E-state index in [4.69, 9.17) is 9.47 Å². The number of halogens is 5. The highest BCUT2D eigenvalue weighted by Crippen LogP contribution is 2.37. The van der Waals surface area contributed by atoms with Crippen molar-refractivity contribution >= 4 is 23.9 Å². The number of amides is 1. The number of carbonyl (C=O) groups is 1. The summed E-state index contributed by atoms with van der Waals surface area (Å²) in [6.45, 7) is 1.15. The second kappa shape index (κ2) is 9.94. The van der Waals surface area contributed by atoms with Gasteiger partial charge in [0, 0.05) is 30.9 Å². The number of carbonyl (C=O) groups excluding carboxylic acids is 1. The monoisotopic (exact) mass is 461 g/mol. The summed E-state index contributed by atoms with van der Waals surface area (Å²) in [7, 11) is 0. The molecule has 1 fully saturated rings. The van der Waals surface area contributed by atoms with Crippen molar-refractivity contribution in [3.63, 3.8) is 0 Å². The molecule has 8 nitrogen and oxygen atoms in total. The SMILES string of the molecule is CCNc1nc(Nc2cc(F)c(C3CN(C=O)CCO3)cc2OCF)ncc1C(F)(F)F. The van der Waals surface area contributed by atoms with Gasteiger partial charge in [-0.1, -0.05) is 0 Å². The zero-order valence-corrected chi connectivity index (χ0v) is 16.9. The summed E-state index contributed by atoms with van der Waals surface area (Å²) >= 11 is 0. The van der Waals surface area contributed by atoms with Gasteiger partial charge in [-0.15, -0.1) is 0 Å². The first-order valence-electron chi connectivity index (χ1n) is 9.55. The maximum Gasteiger partial charge on any atom is 0.421 e. The Morgan fingerprint density at radius 3 is 2.81 bits per heavy atom. The van der Waals surface area contributed by atoms with Gasteiger partial charge in [-0.05, 0) is 13.0 Å². The number of ether oxygens (including phenoxy) is 2. The lowest BCUT2D eigenvalue weighted by Crippen LogP contribution is -2.37. The van der Waals surface area contributed by atoms with Gasteiger partial charge in [-0.25, -0.2) is 13.8 Å². The highest BCUT2D eigenvalue weighted by Gasteiger charge is 2.35. The Balaban J connectivity index is 1.93. The van der Waals surface area contributed by atoms with E-state index in [1.165, 1.54) is 11.0 Å². The summed E-state index contributed by atoms with van der Waals surface area (Å²) in [5.41, 5.74) is -1.14. The molecule has 0 radical (unpaired) electrons. The second-order valence-electron chi connectivity index (χ2n) is 6.69. The molecule has 2 heterocycles. The number of aromatic nitrogens is 2. The van der Waals surface area contributed by atoms with E-state index >= 15 is 0 Å². The van der Waals surface area contributed by atoms with Crippen LogP contribution in [0.1, 0.15) is 24.2 Å². The van der Waals surface area contributed by atoms with E-state index in [0.29, 0.717) is 19.2 Å². The number of alkyl halides is 4. The molecule has 1 saturated heterocycles. The normalized spacial score (nSPS) is 16.6. The smallest absolute Gasteiger partial charge is 0.421 e. The zero-order valence-electron chi connectivity index (χ0n) is 16.9. The minimum atomic E-state index is -4.68. The molecule has 0 saturated carbocycles. The third-order valence-electron chi connectivity index (χ3n) is 4.59. The van der Waals surface area contributed by atoms with Gasteiger partial charge in [-0.3, -0.25) is 4.79 Å².